The highest BCUT2D eigenvalue weighted by molar-refractivity contribution is 7.89. The number of sulfonamides is 1. The van der Waals surface area contributed by atoms with E-state index in [0.29, 0.717) is 12.2 Å². The Kier molecular flexibility index (Phi) is 3.76. The van der Waals surface area contributed by atoms with Crippen LogP contribution in [0.5, 0.6) is 0 Å². The van der Waals surface area contributed by atoms with Crippen LogP contribution in [-0.4, -0.2) is 34.7 Å². The summed E-state index contributed by atoms with van der Waals surface area (Å²) in [6.07, 6.45) is 3.40. The quantitative estimate of drug-likeness (QED) is 0.750. The monoisotopic (exact) mass is 282 g/mol. The fourth-order valence-electron chi connectivity index (χ4n) is 1.50. The van der Waals surface area contributed by atoms with Gasteiger partial charge in [0.05, 0.1) is 0 Å². The van der Waals surface area contributed by atoms with Crippen molar-refractivity contribution >= 4 is 15.8 Å². The second-order valence-electron chi connectivity index (χ2n) is 3.87. The fraction of sp³-hybridized carbons (Fsp3) is 0.300. The third-order valence-electron chi connectivity index (χ3n) is 2.38. The van der Waals surface area contributed by atoms with E-state index in [4.69, 9.17) is 5.73 Å². The lowest BCUT2D eigenvalue weighted by atomic mass is 10.4. The number of nitrogens with zero attached hydrogens (tertiary/aromatic N) is 4. The molecule has 102 valence electrons. The van der Waals surface area contributed by atoms with Gasteiger partial charge in [0.25, 0.3) is 0 Å². The SMILES string of the molecule is Cn1cnc(CCNS(=O)(=O)c2cccnc2N)n1. The zero-order valence-electron chi connectivity index (χ0n) is 10.3. The molecule has 0 fully saturated rings. The van der Waals surface area contributed by atoms with Gasteiger partial charge in [-0.15, -0.1) is 0 Å². The molecule has 2 aromatic rings. The predicted octanol–water partition coefficient (Wildman–Crippen LogP) is -0.687. The van der Waals surface area contributed by atoms with Crippen molar-refractivity contribution in [2.75, 3.05) is 12.3 Å². The van der Waals surface area contributed by atoms with Crippen molar-refractivity contribution in [3.8, 4) is 0 Å². The maximum absolute atomic E-state index is 12.0. The minimum atomic E-state index is -3.65. The van der Waals surface area contributed by atoms with Gasteiger partial charge in [-0.05, 0) is 12.1 Å². The third-order valence-corrected chi connectivity index (χ3v) is 3.89. The van der Waals surface area contributed by atoms with Gasteiger partial charge in [-0.3, -0.25) is 4.68 Å². The van der Waals surface area contributed by atoms with Gasteiger partial charge < -0.3 is 5.73 Å². The van der Waals surface area contributed by atoms with Gasteiger partial charge in [-0.2, -0.15) is 5.10 Å². The molecule has 2 heterocycles. The average molecular weight is 282 g/mol. The lowest BCUT2D eigenvalue weighted by Gasteiger charge is -2.07. The smallest absolute Gasteiger partial charge is 0.244 e. The molecule has 0 saturated heterocycles. The van der Waals surface area contributed by atoms with Crippen molar-refractivity contribution in [1.29, 1.82) is 0 Å². The van der Waals surface area contributed by atoms with Crippen LogP contribution in [0, 0.1) is 0 Å². The van der Waals surface area contributed by atoms with E-state index in [1.807, 2.05) is 0 Å². The molecular weight excluding hydrogens is 268 g/mol. The van der Waals surface area contributed by atoms with Crippen LogP contribution in [0.15, 0.2) is 29.6 Å². The molecule has 8 nitrogen and oxygen atoms in total. The lowest BCUT2D eigenvalue weighted by molar-refractivity contribution is 0.580. The number of nitrogens with two attached hydrogens (primary N) is 1. The van der Waals surface area contributed by atoms with Crippen molar-refractivity contribution in [3.63, 3.8) is 0 Å². The first-order valence-corrected chi connectivity index (χ1v) is 7.02. The first-order valence-electron chi connectivity index (χ1n) is 5.54. The molecule has 0 aliphatic carbocycles. The Hall–Kier alpha value is -2.00. The topological polar surface area (TPSA) is 116 Å². The van der Waals surface area contributed by atoms with Gasteiger partial charge >= 0.3 is 0 Å². The molecule has 3 N–H and O–H groups in total. The van der Waals surface area contributed by atoms with E-state index < -0.39 is 10.0 Å². The predicted molar refractivity (Wildman–Crippen MR) is 68.5 cm³/mol. The Bertz CT molecular complexity index is 666. The van der Waals surface area contributed by atoms with Crippen molar-refractivity contribution in [2.24, 2.45) is 7.05 Å². The number of hydrogen-bond acceptors (Lipinski definition) is 6. The summed E-state index contributed by atoms with van der Waals surface area (Å²) in [4.78, 5) is 7.73. The van der Waals surface area contributed by atoms with E-state index in [2.05, 4.69) is 19.8 Å². The molecular formula is C10H14N6O2S. The summed E-state index contributed by atoms with van der Waals surface area (Å²) < 4.78 is 27.9. The first kappa shape index (κ1) is 13.4. The summed E-state index contributed by atoms with van der Waals surface area (Å²) >= 11 is 0. The van der Waals surface area contributed by atoms with Gasteiger partial charge in [0.2, 0.25) is 10.0 Å². The Morgan fingerprint density at radius 2 is 2.21 bits per heavy atom. The number of pyridine rings is 1. The van der Waals surface area contributed by atoms with Crippen LogP contribution < -0.4 is 10.5 Å². The van der Waals surface area contributed by atoms with Gasteiger partial charge in [0.1, 0.15) is 17.0 Å². The van der Waals surface area contributed by atoms with Crippen molar-refractivity contribution in [2.45, 2.75) is 11.3 Å². The summed E-state index contributed by atoms with van der Waals surface area (Å²) in [5.41, 5.74) is 5.53. The highest BCUT2D eigenvalue weighted by Gasteiger charge is 2.17. The number of aryl methyl sites for hydroxylation is 1. The number of aromatic nitrogens is 4. The summed E-state index contributed by atoms with van der Waals surface area (Å²) in [5, 5.41) is 4.05. The molecule has 0 radical (unpaired) electrons. The van der Waals surface area contributed by atoms with Crippen LogP contribution in [0.1, 0.15) is 5.82 Å². The molecule has 9 heteroatoms. The fourth-order valence-corrected chi connectivity index (χ4v) is 2.62. The zero-order valence-corrected chi connectivity index (χ0v) is 11.1. The summed E-state index contributed by atoms with van der Waals surface area (Å²) in [7, 11) is -1.91. The molecule has 0 spiro atoms. The Labute approximate surface area is 110 Å². The number of hydrogen-bond donors (Lipinski definition) is 2. The summed E-state index contributed by atoms with van der Waals surface area (Å²) in [6.45, 7) is 0.195. The van der Waals surface area contributed by atoms with Crippen LogP contribution in [0.25, 0.3) is 0 Å². The minimum Gasteiger partial charge on any atom is -0.383 e. The van der Waals surface area contributed by atoms with E-state index in [0.717, 1.165) is 0 Å². The standard InChI is InChI=1S/C10H14N6O2S/c1-16-7-13-9(15-16)4-6-14-19(17,18)8-3-2-5-12-10(8)11/h2-3,5,7,14H,4,6H2,1H3,(H2,11,12). The number of nitrogen functional groups attached to an aromatic ring is 1. The molecule has 0 bridgehead atoms. The highest BCUT2D eigenvalue weighted by Crippen LogP contribution is 2.13. The van der Waals surface area contributed by atoms with Crippen LogP contribution in [-0.2, 0) is 23.5 Å². The molecule has 0 saturated carbocycles. The van der Waals surface area contributed by atoms with Crippen LogP contribution in [0.2, 0.25) is 0 Å². The van der Waals surface area contributed by atoms with Crippen molar-refractivity contribution in [3.05, 3.63) is 30.5 Å². The Morgan fingerprint density at radius 3 is 2.84 bits per heavy atom. The Balaban J connectivity index is 2.01. The van der Waals surface area contributed by atoms with E-state index in [9.17, 15) is 8.42 Å². The molecule has 0 aliphatic heterocycles. The first-order chi connectivity index (χ1) is 8.99. The van der Waals surface area contributed by atoms with E-state index >= 15 is 0 Å². The summed E-state index contributed by atoms with van der Waals surface area (Å²) in [5.74, 6) is 0.551. The highest BCUT2D eigenvalue weighted by atomic mass is 32.2. The molecule has 0 aliphatic rings. The second-order valence-corrected chi connectivity index (χ2v) is 5.60. The summed E-state index contributed by atoms with van der Waals surface area (Å²) in [6, 6.07) is 2.93. The molecule has 0 unspecified atom stereocenters. The van der Waals surface area contributed by atoms with Gasteiger partial charge in [0, 0.05) is 26.2 Å². The third kappa shape index (κ3) is 3.26. The number of nitrogens with one attached hydrogen (secondary N) is 1. The minimum absolute atomic E-state index is 0.0223. The van der Waals surface area contributed by atoms with Crippen molar-refractivity contribution < 1.29 is 8.42 Å². The van der Waals surface area contributed by atoms with Crippen LogP contribution >= 0.6 is 0 Å². The van der Waals surface area contributed by atoms with Gasteiger partial charge in [-0.25, -0.2) is 23.1 Å². The molecule has 0 aromatic carbocycles. The molecule has 0 amide bonds. The van der Waals surface area contributed by atoms with Crippen LogP contribution in [0.4, 0.5) is 5.82 Å². The largest absolute Gasteiger partial charge is 0.383 e. The normalized spacial score (nSPS) is 11.6. The Morgan fingerprint density at radius 1 is 1.42 bits per heavy atom. The molecule has 2 aromatic heterocycles. The molecule has 0 atom stereocenters. The molecule has 2 rings (SSSR count). The maximum atomic E-state index is 12.0. The average Bonchev–Trinajstić information content (AvgIpc) is 2.75. The zero-order chi connectivity index (χ0) is 13.9. The maximum Gasteiger partial charge on any atom is 0.244 e. The number of rotatable bonds is 5. The van der Waals surface area contributed by atoms with Gasteiger partial charge in [0.15, 0.2) is 5.82 Å². The van der Waals surface area contributed by atoms with E-state index in [-0.39, 0.29) is 17.3 Å². The second kappa shape index (κ2) is 5.33. The van der Waals surface area contributed by atoms with E-state index in [1.165, 1.54) is 18.3 Å². The number of anilines is 1. The van der Waals surface area contributed by atoms with E-state index in [1.54, 1.807) is 18.1 Å². The molecule has 19 heavy (non-hydrogen) atoms. The van der Waals surface area contributed by atoms with Crippen LogP contribution in [0.3, 0.4) is 0 Å². The van der Waals surface area contributed by atoms with Gasteiger partial charge in [-0.1, -0.05) is 0 Å². The lowest BCUT2D eigenvalue weighted by Crippen LogP contribution is -2.27. The van der Waals surface area contributed by atoms with Crippen molar-refractivity contribution in [1.82, 2.24) is 24.5 Å².